The lowest BCUT2D eigenvalue weighted by molar-refractivity contribution is -0.137. The first-order valence-corrected chi connectivity index (χ1v) is 9.53. The number of alkyl halides is 3. The fraction of sp³-hybridized carbons (Fsp3) is 0.304. The van der Waals surface area contributed by atoms with E-state index in [2.05, 4.69) is 46.9 Å². The van der Waals surface area contributed by atoms with E-state index >= 15 is 0 Å². The second-order valence-electron chi connectivity index (χ2n) is 7.47. The lowest BCUT2D eigenvalue weighted by Gasteiger charge is -2.31. The topological polar surface area (TPSA) is 8.17 Å². The average Bonchev–Trinajstić information content (AvgIpc) is 3.03. The van der Waals surface area contributed by atoms with Crippen molar-refractivity contribution in [2.75, 3.05) is 6.54 Å². The Morgan fingerprint density at radius 2 is 1.79 bits per heavy atom. The zero-order valence-electron chi connectivity index (χ0n) is 15.8. The van der Waals surface area contributed by atoms with Crippen LogP contribution in [0.5, 0.6) is 0 Å². The van der Waals surface area contributed by atoms with Gasteiger partial charge in [-0.15, -0.1) is 0 Å². The van der Waals surface area contributed by atoms with Gasteiger partial charge in [0, 0.05) is 31.5 Å². The standard InChI is InChI=1S/C23H23F3N2/c1-17-6-2-8-19(14-17)22-21-10-4-11-27(21)12-5-13-28(22)16-18-7-3-9-20(15-18)23(24,25)26/h2-4,6-11,14-15,22H,5,12-13,16H2,1H3. The van der Waals surface area contributed by atoms with E-state index in [-0.39, 0.29) is 6.04 Å². The van der Waals surface area contributed by atoms with Crippen molar-refractivity contribution in [3.63, 3.8) is 0 Å². The van der Waals surface area contributed by atoms with Crippen LogP contribution in [-0.2, 0) is 19.3 Å². The molecule has 3 aromatic rings. The van der Waals surface area contributed by atoms with Gasteiger partial charge in [0.1, 0.15) is 0 Å². The monoisotopic (exact) mass is 384 g/mol. The zero-order valence-corrected chi connectivity index (χ0v) is 15.8. The Hall–Kier alpha value is -2.53. The summed E-state index contributed by atoms with van der Waals surface area (Å²) in [6.07, 6.45) is -1.27. The van der Waals surface area contributed by atoms with Crippen LogP contribution in [0.2, 0.25) is 0 Å². The van der Waals surface area contributed by atoms with Crippen LogP contribution < -0.4 is 0 Å². The van der Waals surface area contributed by atoms with Crippen molar-refractivity contribution in [2.24, 2.45) is 0 Å². The fourth-order valence-corrected chi connectivity index (χ4v) is 4.11. The Labute approximate surface area is 163 Å². The van der Waals surface area contributed by atoms with Gasteiger partial charge in [0.15, 0.2) is 0 Å². The van der Waals surface area contributed by atoms with E-state index in [0.29, 0.717) is 12.1 Å². The maximum absolute atomic E-state index is 13.1. The quantitative estimate of drug-likeness (QED) is 0.553. The average molecular weight is 384 g/mol. The second kappa shape index (κ2) is 7.47. The predicted octanol–water partition coefficient (Wildman–Crippen LogP) is 5.81. The number of fused-ring (bicyclic) bond motifs is 1. The second-order valence-corrected chi connectivity index (χ2v) is 7.47. The summed E-state index contributed by atoms with van der Waals surface area (Å²) in [4.78, 5) is 2.29. The Kier molecular flexibility index (Phi) is 5.02. The highest BCUT2D eigenvalue weighted by atomic mass is 19.4. The first-order chi connectivity index (χ1) is 13.4. The van der Waals surface area contributed by atoms with Crippen molar-refractivity contribution in [3.8, 4) is 0 Å². The Morgan fingerprint density at radius 3 is 2.57 bits per heavy atom. The summed E-state index contributed by atoms with van der Waals surface area (Å²) in [7, 11) is 0. The van der Waals surface area contributed by atoms with Crippen LogP contribution in [0, 0.1) is 6.92 Å². The lowest BCUT2D eigenvalue weighted by atomic mass is 9.99. The molecule has 0 aliphatic carbocycles. The van der Waals surface area contributed by atoms with Gasteiger partial charge < -0.3 is 4.57 Å². The van der Waals surface area contributed by atoms with Crippen LogP contribution in [0.1, 0.15) is 40.4 Å². The molecule has 5 heteroatoms. The summed E-state index contributed by atoms with van der Waals surface area (Å²) in [6.45, 7) is 4.30. The molecule has 1 aliphatic heterocycles. The SMILES string of the molecule is Cc1cccc(C2c3cccn3CCCN2Cc2cccc(C(F)(F)F)c2)c1. The molecule has 146 valence electrons. The fourth-order valence-electron chi connectivity index (χ4n) is 4.11. The first-order valence-electron chi connectivity index (χ1n) is 9.53. The van der Waals surface area contributed by atoms with E-state index in [1.165, 1.54) is 29.0 Å². The van der Waals surface area contributed by atoms with Crippen LogP contribution in [-0.4, -0.2) is 16.0 Å². The maximum atomic E-state index is 13.1. The lowest BCUT2D eigenvalue weighted by Crippen LogP contribution is -2.29. The van der Waals surface area contributed by atoms with Gasteiger partial charge in [0.2, 0.25) is 0 Å². The number of hydrogen-bond acceptors (Lipinski definition) is 1. The van der Waals surface area contributed by atoms with Crippen LogP contribution in [0.3, 0.4) is 0 Å². The van der Waals surface area contributed by atoms with Gasteiger partial charge in [0.25, 0.3) is 0 Å². The molecule has 1 aromatic heterocycles. The molecule has 2 nitrogen and oxygen atoms in total. The molecule has 0 fully saturated rings. The van der Waals surface area contributed by atoms with Gasteiger partial charge in [-0.2, -0.15) is 13.2 Å². The molecule has 0 bridgehead atoms. The van der Waals surface area contributed by atoms with E-state index in [9.17, 15) is 13.2 Å². The summed E-state index contributed by atoms with van der Waals surface area (Å²) in [6, 6.07) is 18.3. The van der Waals surface area contributed by atoms with Gasteiger partial charge in [-0.1, -0.05) is 48.0 Å². The minimum atomic E-state index is -4.32. The molecule has 4 rings (SSSR count). The van der Waals surface area contributed by atoms with E-state index in [1.807, 2.05) is 12.1 Å². The minimum absolute atomic E-state index is 0.0203. The summed E-state index contributed by atoms with van der Waals surface area (Å²) >= 11 is 0. The molecule has 0 radical (unpaired) electrons. The molecular weight excluding hydrogens is 361 g/mol. The van der Waals surface area contributed by atoms with Crippen molar-refractivity contribution in [3.05, 3.63) is 94.8 Å². The Balaban J connectivity index is 1.72. The highest BCUT2D eigenvalue weighted by molar-refractivity contribution is 5.33. The Bertz CT molecular complexity index is 958. The maximum Gasteiger partial charge on any atom is 0.416 e. The molecule has 2 aromatic carbocycles. The number of halogens is 3. The van der Waals surface area contributed by atoms with Gasteiger partial charge in [-0.05, 0) is 42.7 Å². The molecule has 0 spiro atoms. The Morgan fingerprint density at radius 1 is 0.964 bits per heavy atom. The third-order valence-corrected chi connectivity index (χ3v) is 5.35. The normalized spacial score (nSPS) is 17.9. The number of aromatic nitrogens is 1. The summed E-state index contributed by atoms with van der Waals surface area (Å²) in [5.41, 5.74) is 3.64. The third kappa shape index (κ3) is 3.85. The van der Waals surface area contributed by atoms with Crippen LogP contribution in [0.15, 0.2) is 66.9 Å². The molecule has 0 amide bonds. The van der Waals surface area contributed by atoms with Gasteiger partial charge >= 0.3 is 6.18 Å². The summed E-state index contributed by atoms with van der Waals surface area (Å²) in [5, 5.41) is 0. The van der Waals surface area contributed by atoms with Crippen molar-refractivity contribution in [2.45, 2.75) is 38.7 Å². The number of aryl methyl sites for hydroxylation is 2. The van der Waals surface area contributed by atoms with Crippen molar-refractivity contribution in [1.29, 1.82) is 0 Å². The summed E-state index contributed by atoms with van der Waals surface area (Å²) in [5.74, 6) is 0. The summed E-state index contributed by atoms with van der Waals surface area (Å²) < 4.78 is 41.7. The van der Waals surface area contributed by atoms with Crippen molar-refractivity contribution < 1.29 is 13.2 Å². The molecular formula is C23H23F3N2. The van der Waals surface area contributed by atoms with Crippen LogP contribution >= 0.6 is 0 Å². The molecule has 1 unspecified atom stereocenters. The zero-order chi connectivity index (χ0) is 19.7. The number of rotatable bonds is 3. The van der Waals surface area contributed by atoms with Crippen LogP contribution in [0.4, 0.5) is 13.2 Å². The molecule has 1 atom stereocenters. The predicted molar refractivity (Wildman–Crippen MR) is 104 cm³/mol. The van der Waals surface area contributed by atoms with Gasteiger partial charge in [0.05, 0.1) is 11.6 Å². The molecule has 1 aliphatic rings. The number of hydrogen-bond donors (Lipinski definition) is 0. The van der Waals surface area contributed by atoms with E-state index in [0.717, 1.165) is 25.6 Å². The smallest absolute Gasteiger partial charge is 0.350 e. The molecule has 0 saturated heterocycles. The molecule has 2 heterocycles. The van der Waals surface area contributed by atoms with E-state index < -0.39 is 11.7 Å². The van der Waals surface area contributed by atoms with Crippen molar-refractivity contribution >= 4 is 0 Å². The van der Waals surface area contributed by atoms with Crippen molar-refractivity contribution in [1.82, 2.24) is 9.47 Å². The highest BCUT2D eigenvalue weighted by Gasteiger charge is 2.31. The van der Waals surface area contributed by atoms with E-state index in [1.54, 1.807) is 6.07 Å². The first kappa shape index (κ1) is 18.8. The molecule has 0 N–H and O–H groups in total. The minimum Gasteiger partial charge on any atom is -0.350 e. The largest absolute Gasteiger partial charge is 0.416 e. The van der Waals surface area contributed by atoms with Gasteiger partial charge in [-0.3, -0.25) is 4.90 Å². The number of benzene rings is 2. The highest BCUT2D eigenvalue weighted by Crippen LogP contribution is 2.34. The molecule has 0 saturated carbocycles. The molecule has 28 heavy (non-hydrogen) atoms. The third-order valence-electron chi connectivity index (χ3n) is 5.35. The van der Waals surface area contributed by atoms with E-state index in [4.69, 9.17) is 0 Å². The van der Waals surface area contributed by atoms with Crippen LogP contribution in [0.25, 0.3) is 0 Å². The number of nitrogens with zero attached hydrogens (tertiary/aromatic N) is 2. The van der Waals surface area contributed by atoms with Gasteiger partial charge in [-0.25, -0.2) is 0 Å².